The maximum absolute atomic E-state index is 13.4. The van der Waals surface area contributed by atoms with Gasteiger partial charge in [0.1, 0.15) is 24.4 Å². The molecule has 8 atom stereocenters. The van der Waals surface area contributed by atoms with Crippen LogP contribution in [0.4, 0.5) is 0 Å². The molecule has 0 spiro atoms. The van der Waals surface area contributed by atoms with Gasteiger partial charge in [-0.2, -0.15) is 0 Å². The summed E-state index contributed by atoms with van der Waals surface area (Å²) in [5.41, 5.74) is 0. The quantitative estimate of drug-likeness (QED) is 0.0195. The zero-order valence-corrected chi connectivity index (χ0v) is 50.1. The second-order valence-corrected chi connectivity index (χ2v) is 22.9. The van der Waals surface area contributed by atoms with E-state index < -0.39 is 67.4 Å². The van der Waals surface area contributed by atoms with Gasteiger partial charge in [0.2, 0.25) is 5.91 Å². The normalized spacial score (nSPS) is 19.2. The Morgan fingerprint density at radius 1 is 0.506 bits per heavy atom. The van der Waals surface area contributed by atoms with Crippen LogP contribution < -0.4 is 5.32 Å². The third-order valence-corrected chi connectivity index (χ3v) is 15.5. The average Bonchev–Trinajstić information content (AvgIpc) is 3.43. The number of aliphatic hydroxyl groups excluding tert-OH is 5. The highest BCUT2D eigenvalue weighted by Crippen LogP contribution is 2.26. The van der Waals surface area contributed by atoms with E-state index in [1.54, 1.807) is 6.08 Å². The number of ether oxygens (including phenoxy) is 3. The van der Waals surface area contributed by atoms with E-state index in [2.05, 4.69) is 50.4 Å². The fraction of sp³-hybridized carbons (Fsp3) is 0.879. The van der Waals surface area contributed by atoms with E-state index in [9.17, 15) is 35.1 Å². The minimum absolute atomic E-state index is 0.127. The van der Waals surface area contributed by atoms with E-state index in [1.165, 1.54) is 199 Å². The van der Waals surface area contributed by atoms with E-state index in [4.69, 9.17) is 14.2 Å². The van der Waals surface area contributed by atoms with Gasteiger partial charge < -0.3 is 45.1 Å². The summed E-state index contributed by atoms with van der Waals surface area (Å²) in [5.74, 6) is -1.18. The Morgan fingerprint density at radius 2 is 0.896 bits per heavy atom. The van der Waals surface area contributed by atoms with E-state index in [0.717, 1.165) is 64.2 Å². The molecule has 0 aliphatic carbocycles. The largest absolute Gasteiger partial charge is 0.454 e. The van der Waals surface area contributed by atoms with Crippen LogP contribution in [0.25, 0.3) is 0 Å². The van der Waals surface area contributed by atoms with Crippen molar-refractivity contribution in [3.63, 3.8) is 0 Å². The Hall–Kier alpha value is -2.12. The maximum atomic E-state index is 13.4. The Kier molecular flexibility index (Phi) is 51.6. The second kappa shape index (κ2) is 54.5. The highest BCUT2D eigenvalue weighted by Gasteiger charge is 2.47. The van der Waals surface area contributed by atoms with Gasteiger partial charge in [-0.3, -0.25) is 9.59 Å². The number of carbonyl (C=O) groups is 2. The van der Waals surface area contributed by atoms with Crippen LogP contribution in [0, 0.1) is 0 Å². The molecule has 1 saturated heterocycles. The summed E-state index contributed by atoms with van der Waals surface area (Å²) in [6, 6.07) is -1.02. The third kappa shape index (κ3) is 42.4. The van der Waals surface area contributed by atoms with Crippen LogP contribution in [-0.2, 0) is 23.8 Å². The minimum atomic E-state index is -1.61. The molecule has 11 nitrogen and oxygen atoms in total. The number of carbonyl (C=O) groups excluding carboxylic acids is 2. The number of esters is 1. The number of allylic oxidation sites excluding steroid dienone is 5. The van der Waals surface area contributed by atoms with Crippen molar-refractivity contribution in [2.45, 2.75) is 359 Å². The van der Waals surface area contributed by atoms with Crippen molar-refractivity contribution in [3.05, 3.63) is 36.5 Å². The molecule has 0 aromatic carbocycles. The van der Waals surface area contributed by atoms with Crippen molar-refractivity contribution in [2.24, 2.45) is 0 Å². The first-order chi connectivity index (χ1) is 37.7. The summed E-state index contributed by atoms with van der Waals surface area (Å²) in [5, 5.41) is 56.9. The Balaban J connectivity index is 2.55. The lowest BCUT2D eigenvalue weighted by Crippen LogP contribution is -2.61. The number of hydrogen-bond acceptors (Lipinski definition) is 10. The molecule has 77 heavy (non-hydrogen) atoms. The molecular weight excluding hydrogens is 967 g/mol. The molecule has 8 unspecified atom stereocenters. The first-order valence-corrected chi connectivity index (χ1v) is 32.8. The molecule has 1 aliphatic heterocycles. The molecule has 1 fully saturated rings. The van der Waals surface area contributed by atoms with Gasteiger partial charge in [0.15, 0.2) is 12.4 Å². The number of rotatable bonds is 56. The summed E-state index contributed by atoms with van der Waals surface area (Å²) in [6.45, 7) is 5.78. The lowest BCUT2D eigenvalue weighted by molar-refractivity contribution is -0.305. The number of hydrogen-bond donors (Lipinski definition) is 6. The van der Waals surface area contributed by atoms with Gasteiger partial charge >= 0.3 is 5.97 Å². The smallest absolute Gasteiger partial charge is 0.306 e. The number of nitrogens with one attached hydrogen (secondary N) is 1. The molecular formula is C66H123NO10. The van der Waals surface area contributed by atoms with Gasteiger partial charge in [-0.1, -0.05) is 282 Å². The molecule has 0 aromatic rings. The first-order valence-electron chi connectivity index (χ1n) is 32.8. The summed E-state index contributed by atoms with van der Waals surface area (Å²) < 4.78 is 17.6. The second-order valence-electron chi connectivity index (χ2n) is 22.9. The van der Waals surface area contributed by atoms with Crippen LogP contribution in [-0.4, -0.2) is 99.6 Å². The summed E-state index contributed by atoms with van der Waals surface area (Å²) in [7, 11) is 0. The van der Waals surface area contributed by atoms with E-state index in [1.807, 2.05) is 6.08 Å². The van der Waals surface area contributed by atoms with Crippen molar-refractivity contribution >= 4 is 11.9 Å². The fourth-order valence-electron chi connectivity index (χ4n) is 10.3. The maximum Gasteiger partial charge on any atom is 0.306 e. The van der Waals surface area contributed by atoms with E-state index >= 15 is 0 Å². The monoisotopic (exact) mass is 1090 g/mol. The molecule has 0 aromatic heterocycles. The zero-order chi connectivity index (χ0) is 56.1. The number of aliphatic hydroxyl groups is 5. The van der Waals surface area contributed by atoms with Gasteiger partial charge in [-0.15, -0.1) is 0 Å². The van der Waals surface area contributed by atoms with Crippen molar-refractivity contribution in [2.75, 3.05) is 13.2 Å². The summed E-state index contributed by atoms with van der Waals surface area (Å²) >= 11 is 0. The fourth-order valence-corrected chi connectivity index (χ4v) is 10.3. The molecule has 1 aliphatic rings. The van der Waals surface area contributed by atoms with Crippen LogP contribution in [0.1, 0.15) is 310 Å². The van der Waals surface area contributed by atoms with Crippen LogP contribution in [0.2, 0.25) is 0 Å². The third-order valence-electron chi connectivity index (χ3n) is 15.5. The zero-order valence-electron chi connectivity index (χ0n) is 50.1. The van der Waals surface area contributed by atoms with Crippen molar-refractivity contribution in [1.82, 2.24) is 5.32 Å². The van der Waals surface area contributed by atoms with Crippen molar-refractivity contribution in [3.8, 4) is 0 Å². The van der Waals surface area contributed by atoms with Crippen molar-refractivity contribution in [1.29, 1.82) is 0 Å². The molecule has 0 radical (unpaired) electrons. The molecule has 452 valence electrons. The van der Waals surface area contributed by atoms with Crippen LogP contribution in [0.5, 0.6) is 0 Å². The molecule has 1 heterocycles. The van der Waals surface area contributed by atoms with Crippen molar-refractivity contribution < 1.29 is 49.3 Å². The summed E-state index contributed by atoms with van der Waals surface area (Å²) in [6.07, 6.45) is 54.8. The molecule has 11 heteroatoms. The summed E-state index contributed by atoms with van der Waals surface area (Å²) in [4.78, 5) is 26.5. The minimum Gasteiger partial charge on any atom is -0.454 e. The van der Waals surface area contributed by atoms with Gasteiger partial charge in [0, 0.05) is 6.42 Å². The van der Waals surface area contributed by atoms with E-state index in [-0.39, 0.29) is 13.0 Å². The lowest BCUT2D eigenvalue weighted by atomic mass is 9.99. The molecule has 6 N–H and O–H groups in total. The van der Waals surface area contributed by atoms with Crippen LogP contribution in [0.3, 0.4) is 0 Å². The lowest BCUT2D eigenvalue weighted by Gasteiger charge is -2.41. The predicted octanol–water partition coefficient (Wildman–Crippen LogP) is 15.8. The molecule has 1 rings (SSSR count). The topological polar surface area (TPSA) is 175 Å². The highest BCUT2D eigenvalue weighted by atomic mass is 16.7. The van der Waals surface area contributed by atoms with Gasteiger partial charge in [0.25, 0.3) is 0 Å². The molecule has 1 amide bonds. The Bertz CT molecular complexity index is 1390. The number of unbranched alkanes of at least 4 members (excludes halogenated alkanes) is 38. The van der Waals surface area contributed by atoms with E-state index in [0.29, 0.717) is 19.3 Å². The number of amides is 1. The average molecular weight is 1090 g/mol. The first kappa shape index (κ1) is 72.9. The molecule has 0 bridgehead atoms. The van der Waals surface area contributed by atoms with Crippen LogP contribution in [0.15, 0.2) is 36.5 Å². The standard InChI is InChI=1S/C66H123NO10/c1-4-7-10-13-16-19-22-24-25-26-27-28-29-30-31-32-33-34-35-37-39-42-45-48-51-54-61(71)77-64-63(73)62(72)60(55-68)76-66(64)75-56-57(58(69)52-49-46-43-41-38-36-23-20-17-14-11-8-5-2)67-65(74)59(70)53-50-47-44-40-21-18-15-12-9-6-3/h16,19,24-25,49,52,57-60,62-64,66,68-70,72-73H,4-15,17-18,20-23,26-48,50-51,53-56H2,1-3H3,(H,67,74)/b19-16-,25-24-,52-49+. The van der Waals surface area contributed by atoms with Gasteiger partial charge in [0.05, 0.1) is 25.4 Å². The predicted molar refractivity (Wildman–Crippen MR) is 320 cm³/mol. The Labute approximate surface area is 473 Å². The molecule has 0 saturated carbocycles. The Morgan fingerprint density at radius 3 is 1.35 bits per heavy atom. The van der Waals surface area contributed by atoms with Gasteiger partial charge in [-0.05, 0) is 57.8 Å². The van der Waals surface area contributed by atoms with Crippen LogP contribution >= 0.6 is 0 Å². The highest BCUT2D eigenvalue weighted by molar-refractivity contribution is 5.80. The SMILES string of the molecule is CCCCC/C=C\C/C=C\CCCCCCCCCCCCCCCCCC(=O)OC1C(OCC(NC(=O)C(O)CCCCCCCCCCCC)C(O)/C=C/CCCCCCCCCCCCC)OC(CO)C(O)C1O. The van der Waals surface area contributed by atoms with Gasteiger partial charge in [-0.25, -0.2) is 0 Å².